The standard InChI is InChI=1S/C10H13NO/c1-4-8-5-9(12)6(2)7(3)10(8)11/h4-5,12H,1,11H2,2-3H3. The van der Waals surface area contributed by atoms with Crippen LogP contribution >= 0.6 is 0 Å². The molecule has 0 fully saturated rings. The number of nitrogens with two attached hydrogens (primary N) is 1. The lowest BCUT2D eigenvalue weighted by Gasteiger charge is -2.09. The minimum absolute atomic E-state index is 0.275. The fourth-order valence-electron chi connectivity index (χ4n) is 1.11. The van der Waals surface area contributed by atoms with Crippen molar-refractivity contribution in [2.75, 3.05) is 5.73 Å². The van der Waals surface area contributed by atoms with E-state index in [0.717, 1.165) is 16.7 Å². The number of anilines is 1. The van der Waals surface area contributed by atoms with E-state index in [1.165, 1.54) is 0 Å². The lowest BCUT2D eigenvalue weighted by Crippen LogP contribution is -1.95. The Hall–Kier alpha value is -1.44. The van der Waals surface area contributed by atoms with Crippen molar-refractivity contribution in [2.24, 2.45) is 0 Å². The quantitative estimate of drug-likeness (QED) is 0.492. The third-order valence-electron chi connectivity index (χ3n) is 2.17. The van der Waals surface area contributed by atoms with Crippen LogP contribution in [0, 0.1) is 13.8 Å². The second kappa shape index (κ2) is 2.89. The van der Waals surface area contributed by atoms with Crippen molar-refractivity contribution in [3.63, 3.8) is 0 Å². The zero-order chi connectivity index (χ0) is 9.30. The molecular formula is C10H13NO. The van der Waals surface area contributed by atoms with E-state index >= 15 is 0 Å². The first kappa shape index (κ1) is 8.65. The first-order chi connectivity index (χ1) is 5.57. The maximum Gasteiger partial charge on any atom is 0.119 e. The predicted molar refractivity (Wildman–Crippen MR) is 52.1 cm³/mol. The van der Waals surface area contributed by atoms with E-state index < -0.39 is 0 Å². The minimum atomic E-state index is 0.275. The highest BCUT2D eigenvalue weighted by molar-refractivity contribution is 5.70. The number of hydrogen-bond donors (Lipinski definition) is 2. The Morgan fingerprint density at radius 3 is 2.50 bits per heavy atom. The van der Waals surface area contributed by atoms with Gasteiger partial charge in [0, 0.05) is 11.3 Å². The third-order valence-corrected chi connectivity index (χ3v) is 2.17. The topological polar surface area (TPSA) is 46.2 Å². The molecule has 3 N–H and O–H groups in total. The molecule has 1 rings (SSSR count). The van der Waals surface area contributed by atoms with E-state index in [-0.39, 0.29) is 5.75 Å². The van der Waals surface area contributed by atoms with Crippen LogP contribution in [0.2, 0.25) is 0 Å². The molecule has 0 unspecified atom stereocenters. The highest BCUT2D eigenvalue weighted by atomic mass is 16.3. The second-order valence-corrected chi connectivity index (χ2v) is 2.85. The van der Waals surface area contributed by atoms with Crippen LogP contribution in [0.5, 0.6) is 5.75 Å². The summed E-state index contributed by atoms with van der Waals surface area (Å²) in [5, 5.41) is 9.43. The van der Waals surface area contributed by atoms with Gasteiger partial charge in [-0.15, -0.1) is 0 Å². The van der Waals surface area contributed by atoms with E-state index in [2.05, 4.69) is 6.58 Å². The van der Waals surface area contributed by atoms with Crippen molar-refractivity contribution < 1.29 is 5.11 Å². The molecule has 0 aliphatic rings. The summed E-state index contributed by atoms with van der Waals surface area (Å²) in [5.41, 5.74) is 9.02. The smallest absolute Gasteiger partial charge is 0.119 e. The van der Waals surface area contributed by atoms with E-state index in [9.17, 15) is 5.11 Å². The van der Waals surface area contributed by atoms with Gasteiger partial charge in [-0.25, -0.2) is 0 Å². The van der Waals surface area contributed by atoms with Gasteiger partial charge in [0.1, 0.15) is 5.75 Å². The molecule has 0 spiro atoms. The van der Waals surface area contributed by atoms with Crippen LogP contribution in [0.25, 0.3) is 6.08 Å². The van der Waals surface area contributed by atoms with E-state index in [0.29, 0.717) is 5.69 Å². The number of nitrogen functional groups attached to an aromatic ring is 1. The zero-order valence-corrected chi connectivity index (χ0v) is 7.39. The van der Waals surface area contributed by atoms with Crippen molar-refractivity contribution in [3.05, 3.63) is 29.3 Å². The van der Waals surface area contributed by atoms with Gasteiger partial charge in [0.15, 0.2) is 0 Å². The maximum atomic E-state index is 9.43. The molecule has 0 aliphatic heterocycles. The molecule has 0 aromatic heterocycles. The molecule has 0 amide bonds. The molecule has 0 atom stereocenters. The molecule has 2 nitrogen and oxygen atoms in total. The molecule has 0 heterocycles. The number of benzene rings is 1. The van der Waals surface area contributed by atoms with Crippen LogP contribution in [-0.2, 0) is 0 Å². The average Bonchev–Trinajstić information content (AvgIpc) is 2.08. The number of rotatable bonds is 1. The highest BCUT2D eigenvalue weighted by Crippen LogP contribution is 2.28. The van der Waals surface area contributed by atoms with Crippen LogP contribution < -0.4 is 5.73 Å². The molecule has 0 bridgehead atoms. The summed E-state index contributed by atoms with van der Waals surface area (Å²) in [4.78, 5) is 0. The molecule has 0 radical (unpaired) electrons. The lowest BCUT2D eigenvalue weighted by molar-refractivity contribution is 0.470. The fraction of sp³-hybridized carbons (Fsp3) is 0.200. The third kappa shape index (κ3) is 1.16. The molecule has 1 aromatic carbocycles. The van der Waals surface area contributed by atoms with Crippen LogP contribution in [0.3, 0.4) is 0 Å². The van der Waals surface area contributed by atoms with Crippen LogP contribution in [0.15, 0.2) is 12.6 Å². The largest absolute Gasteiger partial charge is 0.508 e. The Bertz CT molecular complexity index is 329. The predicted octanol–water partition coefficient (Wildman–Crippen LogP) is 2.23. The molecule has 0 saturated carbocycles. The second-order valence-electron chi connectivity index (χ2n) is 2.85. The first-order valence-corrected chi connectivity index (χ1v) is 3.79. The summed E-state index contributed by atoms with van der Waals surface area (Å²) < 4.78 is 0. The summed E-state index contributed by atoms with van der Waals surface area (Å²) >= 11 is 0. The monoisotopic (exact) mass is 163 g/mol. The summed E-state index contributed by atoms with van der Waals surface area (Å²) in [6, 6.07) is 1.63. The van der Waals surface area contributed by atoms with Crippen LogP contribution in [0.1, 0.15) is 16.7 Å². The molecule has 0 saturated heterocycles. The van der Waals surface area contributed by atoms with Gasteiger partial charge in [-0.3, -0.25) is 0 Å². The Kier molecular flexibility index (Phi) is 2.09. The Labute approximate surface area is 72.3 Å². The molecule has 2 heteroatoms. The number of hydrogen-bond acceptors (Lipinski definition) is 2. The fourth-order valence-corrected chi connectivity index (χ4v) is 1.11. The van der Waals surface area contributed by atoms with Crippen molar-refractivity contribution in [3.8, 4) is 5.75 Å². The SMILES string of the molecule is C=Cc1cc(O)c(C)c(C)c1N. The molecule has 12 heavy (non-hydrogen) atoms. The minimum Gasteiger partial charge on any atom is -0.508 e. The molecule has 0 aliphatic carbocycles. The number of aromatic hydroxyl groups is 1. The zero-order valence-electron chi connectivity index (χ0n) is 7.39. The Morgan fingerprint density at radius 2 is 2.00 bits per heavy atom. The first-order valence-electron chi connectivity index (χ1n) is 3.79. The Balaban J connectivity index is 3.49. The van der Waals surface area contributed by atoms with Gasteiger partial charge < -0.3 is 10.8 Å². The van der Waals surface area contributed by atoms with Crippen LogP contribution in [-0.4, -0.2) is 5.11 Å². The lowest BCUT2D eigenvalue weighted by atomic mass is 10.0. The summed E-state index contributed by atoms with van der Waals surface area (Å²) in [6.07, 6.45) is 1.64. The normalized spacial score (nSPS) is 9.83. The van der Waals surface area contributed by atoms with Gasteiger partial charge in [0.25, 0.3) is 0 Å². The van der Waals surface area contributed by atoms with Gasteiger partial charge in [-0.05, 0) is 31.0 Å². The van der Waals surface area contributed by atoms with E-state index in [1.807, 2.05) is 13.8 Å². The summed E-state index contributed by atoms with van der Waals surface area (Å²) in [5.74, 6) is 0.275. The molecule has 64 valence electrons. The van der Waals surface area contributed by atoms with Crippen molar-refractivity contribution in [2.45, 2.75) is 13.8 Å². The summed E-state index contributed by atoms with van der Waals surface area (Å²) in [6.45, 7) is 7.34. The van der Waals surface area contributed by atoms with Crippen molar-refractivity contribution in [1.82, 2.24) is 0 Å². The van der Waals surface area contributed by atoms with Gasteiger partial charge in [0.2, 0.25) is 0 Å². The van der Waals surface area contributed by atoms with E-state index in [4.69, 9.17) is 5.73 Å². The molecule has 1 aromatic rings. The summed E-state index contributed by atoms with van der Waals surface area (Å²) in [7, 11) is 0. The van der Waals surface area contributed by atoms with Gasteiger partial charge >= 0.3 is 0 Å². The average molecular weight is 163 g/mol. The number of phenolic OH excluding ortho intramolecular Hbond substituents is 1. The van der Waals surface area contributed by atoms with E-state index in [1.54, 1.807) is 12.1 Å². The highest BCUT2D eigenvalue weighted by Gasteiger charge is 2.06. The Morgan fingerprint density at radius 1 is 1.42 bits per heavy atom. The van der Waals surface area contributed by atoms with Gasteiger partial charge in [-0.1, -0.05) is 12.7 Å². The van der Waals surface area contributed by atoms with Crippen molar-refractivity contribution in [1.29, 1.82) is 0 Å². The molecular weight excluding hydrogens is 150 g/mol. The van der Waals surface area contributed by atoms with Gasteiger partial charge in [-0.2, -0.15) is 0 Å². The number of phenols is 1. The van der Waals surface area contributed by atoms with Crippen LogP contribution in [0.4, 0.5) is 5.69 Å². The maximum absolute atomic E-state index is 9.43. The van der Waals surface area contributed by atoms with Crippen molar-refractivity contribution >= 4 is 11.8 Å². The van der Waals surface area contributed by atoms with Gasteiger partial charge in [0.05, 0.1) is 0 Å².